The Bertz CT molecular complexity index is 438. The summed E-state index contributed by atoms with van der Waals surface area (Å²) in [5.41, 5.74) is 5.82. The highest BCUT2D eigenvalue weighted by Gasteiger charge is 2.36. The second-order valence-electron chi connectivity index (χ2n) is 7.60. The minimum absolute atomic E-state index is 0. The smallest absolute Gasteiger partial charge is 0.226 e. The Morgan fingerprint density at radius 3 is 2.46 bits per heavy atom. The Hall–Kier alpha value is -0.810. The molecule has 0 radical (unpaired) electrons. The van der Waals surface area contributed by atoms with Crippen LogP contribution in [0.2, 0.25) is 0 Å². The number of hydrogen-bond acceptors (Lipinski definition) is 3. The van der Waals surface area contributed by atoms with Crippen LogP contribution < -0.4 is 5.73 Å². The molecular formula is C18H32ClN3O2. The predicted octanol–water partition coefficient (Wildman–Crippen LogP) is 2.03. The van der Waals surface area contributed by atoms with Crippen LogP contribution in [0.1, 0.15) is 51.4 Å². The van der Waals surface area contributed by atoms with Crippen molar-refractivity contribution in [3.05, 3.63) is 0 Å². The molecule has 0 aromatic heterocycles. The van der Waals surface area contributed by atoms with Crippen molar-refractivity contribution in [2.75, 3.05) is 32.7 Å². The van der Waals surface area contributed by atoms with E-state index in [0.29, 0.717) is 30.2 Å². The first-order valence-corrected chi connectivity index (χ1v) is 9.45. The van der Waals surface area contributed by atoms with Crippen molar-refractivity contribution >= 4 is 24.2 Å². The van der Waals surface area contributed by atoms with Crippen molar-refractivity contribution in [3.8, 4) is 0 Å². The minimum Gasteiger partial charge on any atom is -0.342 e. The lowest BCUT2D eigenvalue weighted by Gasteiger charge is -2.37. The molecule has 2 saturated heterocycles. The number of carbonyl (C=O) groups excluding carboxylic acids is 2. The number of piperidine rings is 2. The predicted molar refractivity (Wildman–Crippen MR) is 96.9 cm³/mol. The summed E-state index contributed by atoms with van der Waals surface area (Å²) in [4.78, 5) is 28.8. The summed E-state index contributed by atoms with van der Waals surface area (Å²) in [6.07, 6.45) is 8.26. The lowest BCUT2D eigenvalue weighted by atomic mass is 9.91. The molecule has 138 valence electrons. The van der Waals surface area contributed by atoms with Crippen LogP contribution in [0.3, 0.4) is 0 Å². The molecule has 5 nitrogen and oxygen atoms in total. The third-order valence-corrected chi connectivity index (χ3v) is 6.11. The second-order valence-corrected chi connectivity index (χ2v) is 7.60. The quantitative estimate of drug-likeness (QED) is 0.837. The average molecular weight is 358 g/mol. The molecule has 2 aliphatic heterocycles. The summed E-state index contributed by atoms with van der Waals surface area (Å²) in [7, 11) is 0. The van der Waals surface area contributed by atoms with E-state index >= 15 is 0 Å². The standard InChI is InChI=1S/C18H31N3O2.ClH/c19-12-15-4-3-5-16(15)18(23)20-10-7-14(8-11-20)13-21-9-2-1-6-17(21)22;/h14-16H,1-13,19H2;1H/t15-,16-;/m1./s1. The Labute approximate surface area is 151 Å². The Morgan fingerprint density at radius 2 is 1.79 bits per heavy atom. The van der Waals surface area contributed by atoms with E-state index in [2.05, 4.69) is 4.90 Å². The molecule has 3 rings (SSSR count). The largest absolute Gasteiger partial charge is 0.342 e. The molecule has 2 atom stereocenters. The first-order chi connectivity index (χ1) is 11.2. The van der Waals surface area contributed by atoms with Crippen LogP contribution in [0.25, 0.3) is 0 Å². The van der Waals surface area contributed by atoms with Crippen molar-refractivity contribution in [1.82, 2.24) is 9.80 Å². The minimum atomic E-state index is 0. The second kappa shape index (κ2) is 9.04. The Kier molecular flexibility index (Phi) is 7.35. The molecule has 6 heteroatoms. The van der Waals surface area contributed by atoms with E-state index in [9.17, 15) is 9.59 Å². The van der Waals surface area contributed by atoms with E-state index in [1.807, 2.05) is 4.90 Å². The molecule has 1 saturated carbocycles. The molecule has 2 amide bonds. The van der Waals surface area contributed by atoms with E-state index in [0.717, 1.165) is 77.5 Å². The average Bonchev–Trinajstić information content (AvgIpc) is 3.05. The summed E-state index contributed by atoms with van der Waals surface area (Å²) in [5.74, 6) is 1.79. The topological polar surface area (TPSA) is 66.6 Å². The van der Waals surface area contributed by atoms with Gasteiger partial charge in [-0.25, -0.2) is 0 Å². The fraction of sp³-hybridized carbons (Fsp3) is 0.889. The van der Waals surface area contributed by atoms with Crippen LogP contribution in [0, 0.1) is 17.8 Å². The number of nitrogens with zero attached hydrogens (tertiary/aromatic N) is 2. The van der Waals surface area contributed by atoms with Gasteiger partial charge in [0.1, 0.15) is 0 Å². The molecular weight excluding hydrogens is 326 g/mol. The van der Waals surface area contributed by atoms with Crippen molar-refractivity contribution < 1.29 is 9.59 Å². The fourth-order valence-corrected chi connectivity index (χ4v) is 4.58. The number of rotatable bonds is 4. The van der Waals surface area contributed by atoms with Gasteiger partial charge < -0.3 is 15.5 Å². The molecule has 0 unspecified atom stereocenters. The summed E-state index contributed by atoms with van der Waals surface area (Å²) >= 11 is 0. The maximum Gasteiger partial charge on any atom is 0.226 e. The van der Waals surface area contributed by atoms with E-state index in [4.69, 9.17) is 5.73 Å². The van der Waals surface area contributed by atoms with Crippen LogP contribution in [-0.4, -0.2) is 54.3 Å². The van der Waals surface area contributed by atoms with Gasteiger partial charge in [-0.1, -0.05) is 6.42 Å². The van der Waals surface area contributed by atoms with E-state index in [1.165, 1.54) is 0 Å². The Balaban J connectivity index is 0.00000208. The number of amides is 2. The number of carbonyl (C=O) groups is 2. The van der Waals surface area contributed by atoms with Crippen LogP contribution in [0.5, 0.6) is 0 Å². The highest BCUT2D eigenvalue weighted by molar-refractivity contribution is 5.85. The number of halogens is 1. The first kappa shape index (κ1) is 19.5. The summed E-state index contributed by atoms with van der Waals surface area (Å²) in [6.45, 7) is 4.19. The molecule has 0 spiro atoms. The van der Waals surface area contributed by atoms with Crippen LogP contribution in [0.15, 0.2) is 0 Å². The van der Waals surface area contributed by atoms with Crippen molar-refractivity contribution in [2.24, 2.45) is 23.5 Å². The van der Waals surface area contributed by atoms with Gasteiger partial charge >= 0.3 is 0 Å². The number of likely N-dealkylation sites (tertiary alicyclic amines) is 2. The molecule has 0 bridgehead atoms. The van der Waals surface area contributed by atoms with Crippen molar-refractivity contribution in [2.45, 2.75) is 51.4 Å². The third-order valence-electron chi connectivity index (χ3n) is 6.11. The lowest BCUT2D eigenvalue weighted by molar-refractivity contribution is -0.139. The van der Waals surface area contributed by atoms with Gasteiger partial charge in [0.2, 0.25) is 11.8 Å². The number of hydrogen-bond donors (Lipinski definition) is 1. The zero-order chi connectivity index (χ0) is 16.2. The maximum absolute atomic E-state index is 12.7. The molecule has 0 aromatic rings. The monoisotopic (exact) mass is 357 g/mol. The van der Waals surface area contributed by atoms with Gasteiger partial charge in [0, 0.05) is 38.5 Å². The lowest BCUT2D eigenvalue weighted by Crippen LogP contribution is -2.46. The van der Waals surface area contributed by atoms with Crippen LogP contribution in [0.4, 0.5) is 0 Å². The van der Waals surface area contributed by atoms with Crippen molar-refractivity contribution in [3.63, 3.8) is 0 Å². The maximum atomic E-state index is 12.7. The normalized spacial score (nSPS) is 28.8. The van der Waals surface area contributed by atoms with Crippen LogP contribution >= 0.6 is 12.4 Å². The van der Waals surface area contributed by atoms with Gasteiger partial charge in [-0.3, -0.25) is 9.59 Å². The Morgan fingerprint density at radius 1 is 1.04 bits per heavy atom. The highest BCUT2D eigenvalue weighted by atomic mass is 35.5. The first-order valence-electron chi connectivity index (χ1n) is 9.45. The third kappa shape index (κ3) is 4.42. The van der Waals surface area contributed by atoms with Crippen LogP contribution in [-0.2, 0) is 9.59 Å². The molecule has 1 aliphatic carbocycles. The van der Waals surface area contributed by atoms with Gasteiger partial charge in [-0.15, -0.1) is 12.4 Å². The molecule has 0 aromatic carbocycles. The van der Waals surface area contributed by atoms with E-state index in [1.54, 1.807) is 0 Å². The fourth-order valence-electron chi connectivity index (χ4n) is 4.58. The molecule has 2 heterocycles. The highest BCUT2D eigenvalue weighted by Crippen LogP contribution is 2.33. The molecule has 3 aliphatic rings. The van der Waals surface area contributed by atoms with Gasteiger partial charge in [0.15, 0.2) is 0 Å². The van der Waals surface area contributed by atoms with E-state index in [-0.39, 0.29) is 18.3 Å². The molecule has 2 N–H and O–H groups in total. The van der Waals surface area contributed by atoms with Gasteiger partial charge in [-0.05, 0) is 56.9 Å². The SMILES string of the molecule is Cl.NC[C@H]1CCC[C@H]1C(=O)N1CCC(CN2CCCCC2=O)CC1. The van der Waals surface area contributed by atoms with Crippen molar-refractivity contribution in [1.29, 1.82) is 0 Å². The van der Waals surface area contributed by atoms with Gasteiger partial charge in [0.25, 0.3) is 0 Å². The summed E-state index contributed by atoms with van der Waals surface area (Å²) in [5, 5.41) is 0. The zero-order valence-corrected chi connectivity index (χ0v) is 15.4. The van der Waals surface area contributed by atoms with Gasteiger partial charge in [0.05, 0.1) is 0 Å². The molecule has 24 heavy (non-hydrogen) atoms. The summed E-state index contributed by atoms with van der Waals surface area (Å²) in [6, 6.07) is 0. The molecule has 3 fully saturated rings. The zero-order valence-electron chi connectivity index (χ0n) is 14.6. The summed E-state index contributed by atoms with van der Waals surface area (Å²) < 4.78 is 0. The van der Waals surface area contributed by atoms with Gasteiger partial charge in [-0.2, -0.15) is 0 Å². The van der Waals surface area contributed by atoms with E-state index < -0.39 is 0 Å². The number of nitrogens with two attached hydrogens (primary N) is 1.